The summed E-state index contributed by atoms with van der Waals surface area (Å²) in [5.74, 6) is -0.321. The number of aromatic amines is 1. The summed E-state index contributed by atoms with van der Waals surface area (Å²) in [6, 6.07) is 9.12. The zero-order chi connectivity index (χ0) is 27.0. The highest BCUT2D eigenvalue weighted by molar-refractivity contribution is 5.97. The number of nitrogens with zero attached hydrogens (tertiary/aromatic N) is 4. The van der Waals surface area contributed by atoms with E-state index in [0.29, 0.717) is 17.3 Å². The van der Waals surface area contributed by atoms with E-state index in [2.05, 4.69) is 20.2 Å². The van der Waals surface area contributed by atoms with Crippen molar-refractivity contribution in [3.63, 3.8) is 0 Å². The van der Waals surface area contributed by atoms with Gasteiger partial charge in [-0.3, -0.25) is 14.9 Å². The van der Waals surface area contributed by atoms with Crippen molar-refractivity contribution in [3.05, 3.63) is 105 Å². The minimum absolute atomic E-state index is 0.0670. The number of para-hydroxylation sites is 1. The van der Waals surface area contributed by atoms with Crippen LogP contribution in [0.5, 0.6) is 5.75 Å². The lowest BCUT2D eigenvalue weighted by molar-refractivity contribution is -0.138. The summed E-state index contributed by atoms with van der Waals surface area (Å²) in [6.07, 6.45) is 0.488. The Morgan fingerprint density at radius 3 is 2.66 bits per heavy atom. The number of pyridine rings is 3. The molecular formula is C27H21F4N5O2. The number of benzene rings is 1. The van der Waals surface area contributed by atoms with Gasteiger partial charge in [-0.15, -0.1) is 0 Å². The minimum atomic E-state index is -4.81. The molecule has 11 heteroatoms. The number of hydrogen-bond acceptors (Lipinski definition) is 5. The van der Waals surface area contributed by atoms with Gasteiger partial charge in [0, 0.05) is 40.8 Å². The Kier molecular flexibility index (Phi) is 6.43. The molecule has 0 aliphatic carbocycles. The van der Waals surface area contributed by atoms with E-state index in [9.17, 15) is 22.4 Å². The molecule has 38 heavy (non-hydrogen) atoms. The normalized spacial score (nSPS) is 11.7. The molecule has 0 atom stereocenters. The van der Waals surface area contributed by atoms with Crippen LogP contribution in [0.25, 0.3) is 22.2 Å². The molecule has 0 saturated carbocycles. The number of rotatable bonds is 6. The number of aromatic nitrogens is 5. The van der Waals surface area contributed by atoms with E-state index < -0.39 is 23.1 Å². The molecule has 0 unspecified atom stereocenters. The summed E-state index contributed by atoms with van der Waals surface area (Å²) < 4.78 is 61.3. The Morgan fingerprint density at radius 2 is 1.92 bits per heavy atom. The van der Waals surface area contributed by atoms with Gasteiger partial charge in [0.2, 0.25) is 0 Å². The van der Waals surface area contributed by atoms with Gasteiger partial charge in [-0.05, 0) is 49.2 Å². The van der Waals surface area contributed by atoms with E-state index in [1.54, 1.807) is 18.3 Å². The molecule has 0 radical (unpaired) electrons. The first-order valence-corrected chi connectivity index (χ1v) is 11.6. The molecule has 1 aromatic carbocycles. The van der Waals surface area contributed by atoms with Gasteiger partial charge in [0.25, 0.3) is 5.56 Å². The Hall–Kier alpha value is -4.54. The molecule has 5 rings (SSSR count). The van der Waals surface area contributed by atoms with Crippen LogP contribution >= 0.6 is 0 Å². The third kappa shape index (κ3) is 4.74. The van der Waals surface area contributed by atoms with Crippen LogP contribution in [0.2, 0.25) is 0 Å². The summed E-state index contributed by atoms with van der Waals surface area (Å²) in [5, 5.41) is 7.98. The molecule has 0 aliphatic rings. The van der Waals surface area contributed by atoms with Gasteiger partial charge in [-0.25, -0.2) is 9.37 Å². The lowest BCUT2D eigenvalue weighted by atomic mass is 10.0. The first-order chi connectivity index (χ1) is 18.1. The predicted molar refractivity (Wildman–Crippen MR) is 132 cm³/mol. The predicted octanol–water partition coefficient (Wildman–Crippen LogP) is 5.58. The van der Waals surface area contributed by atoms with Crippen molar-refractivity contribution in [2.75, 3.05) is 0 Å². The van der Waals surface area contributed by atoms with Crippen molar-refractivity contribution in [1.82, 2.24) is 24.7 Å². The largest absolute Gasteiger partial charge is 0.486 e. The molecule has 1 N–H and O–H groups in total. The zero-order valence-corrected chi connectivity index (χ0v) is 20.3. The van der Waals surface area contributed by atoms with Crippen LogP contribution in [0.15, 0.2) is 66.0 Å². The SMILES string of the molecule is Cc1cc(-c2n[nH]cc2C)c2cccc(OCc3c(F)cncc3Cn3cccc(C(F)(F)F)c3=O)c2n1. The van der Waals surface area contributed by atoms with Crippen molar-refractivity contribution in [2.45, 2.75) is 33.2 Å². The summed E-state index contributed by atoms with van der Waals surface area (Å²) in [6.45, 7) is 3.20. The second kappa shape index (κ2) is 9.73. The molecule has 4 aromatic heterocycles. The highest BCUT2D eigenvalue weighted by Gasteiger charge is 2.34. The molecule has 0 aliphatic heterocycles. The summed E-state index contributed by atoms with van der Waals surface area (Å²) in [7, 11) is 0. The van der Waals surface area contributed by atoms with Gasteiger partial charge < -0.3 is 9.30 Å². The molecule has 0 bridgehead atoms. The third-order valence-corrected chi connectivity index (χ3v) is 6.15. The Morgan fingerprint density at radius 1 is 1.11 bits per heavy atom. The highest BCUT2D eigenvalue weighted by Crippen LogP contribution is 2.34. The van der Waals surface area contributed by atoms with Crippen LogP contribution in [0.4, 0.5) is 17.6 Å². The topological polar surface area (TPSA) is 85.7 Å². The van der Waals surface area contributed by atoms with Crippen LogP contribution in [0.3, 0.4) is 0 Å². The summed E-state index contributed by atoms with van der Waals surface area (Å²) in [5.41, 5.74) is 1.61. The number of aryl methyl sites for hydroxylation is 2. The maximum Gasteiger partial charge on any atom is 0.421 e. The Labute approximate surface area is 213 Å². The first-order valence-electron chi connectivity index (χ1n) is 11.6. The quantitative estimate of drug-likeness (QED) is 0.294. The van der Waals surface area contributed by atoms with Crippen LogP contribution in [0, 0.1) is 19.7 Å². The molecule has 194 valence electrons. The monoisotopic (exact) mass is 523 g/mol. The van der Waals surface area contributed by atoms with E-state index in [1.165, 1.54) is 12.4 Å². The average molecular weight is 523 g/mol. The number of ether oxygens (including phenoxy) is 1. The average Bonchev–Trinajstić information content (AvgIpc) is 3.29. The molecule has 0 saturated heterocycles. The lowest BCUT2D eigenvalue weighted by Gasteiger charge is -2.15. The third-order valence-electron chi connectivity index (χ3n) is 6.15. The second-order valence-corrected chi connectivity index (χ2v) is 8.78. The van der Waals surface area contributed by atoms with Crippen LogP contribution < -0.4 is 10.3 Å². The maximum absolute atomic E-state index is 14.9. The van der Waals surface area contributed by atoms with Crippen molar-refractivity contribution >= 4 is 10.9 Å². The van der Waals surface area contributed by atoms with Gasteiger partial charge in [0.05, 0.1) is 18.4 Å². The Balaban J connectivity index is 1.50. The number of fused-ring (bicyclic) bond motifs is 1. The highest BCUT2D eigenvalue weighted by atomic mass is 19.4. The number of nitrogens with one attached hydrogen (secondary N) is 1. The van der Waals surface area contributed by atoms with E-state index in [4.69, 9.17) is 4.74 Å². The minimum Gasteiger partial charge on any atom is -0.486 e. The number of halogens is 4. The number of H-pyrrole nitrogens is 1. The molecule has 7 nitrogen and oxygen atoms in total. The lowest BCUT2D eigenvalue weighted by Crippen LogP contribution is -2.28. The van der Waals surface area contributed by atoms with Gasteiger partial charge in [-0.2, -0.15) is 18.3 Å². The summed E-state index contributed by atoms with van der Waals surface area (Å²) >= 11 is 0. The van der Waals surface area contributed by atoms with Gasteiger partial charge in [0.15, 0.2) is 0 Å². The second-order valence-electron chi connectivity index (χ2n) is 8.78. The Bertz CT molecular complexity index is 1710. The van der Waals surface area contributed by atoms with E-state index in [1.807, 2.05) is 26.0 Å². The van der Waals surface area contributed by atoms with Crippen LogP contribution in [-0.4, -0.2) is 24.7 Å². The molecule has 5 aromatic rings. The van der Waals surface area contributed by atoms with Crippen LogP contribution in [0.1, 0.15) is 27.9 Å². The number of hydrogen-bond donors (Lipinski definition) is 1. The van der Waals surface area contributed by atoms with Crippen molar-refractivity contribution in [3.8, 4) is 17.0 Å². The number of alkyl halides is 3. The van der Waals surface area contributed by atoms with E-state index in [0.717, 1.165) is 44.7 Å². The van der Waals surface area contributed by atoms with E-state index in [-0.39, 0.29) is 24.3 Å². The maximum atomic E-state index is 14.9. The van der Waals surface area contributed by atoms with E-state index >= 15 is 0 Å². The molecule has 0 amide bonds. The molecule has 0 fully saturated rings. The fraction of sp³-hybridized carbons (Fsp3) is 0.185. The van der Waals surface area contributed by atoms with Gasteiger partial charge >= 0.3 is 6.18 Å². The first kappa shape index (κ1) is 25.1. The summed E-state index contributed by atoms with van der Waals surface area (Å²) in [4.78, 5) is 20.8. The smallest absolute Gasteiger partial charge is 0.421 e. The molecule has 0 spiro atoms. The molecular weight excluding hydrogens is 502 g/mol. The van der Waals surface area contributed by atoms with Crippen LogP contribution in [-0.2, 0) is 19.3 Å². The standard InChI is InChI=1S/C27H21F4N5O2/c1-15-10-33-35-24(15)19-9-16(2)34-25-18(19)5-3-7-23(25)38-14-20-17(11-32-12-22(20)28)13-36-8-4-6-21(26(36)37)27(29,30)31/h3-12H,13-14H2,1-2H3,(H,33,35). The fourth-order valence-corrected chi connectivity index (χ4v) is 4.30. The van der Waals surface area contributed by atoms with Crippen molar-refractivity contribution < 1.29 is 22.3 Å². The van der Waals surface area contributed by atoms with Gasteiger partial charge in [0.1, 0.15) is 29.3 Å². The molecule has 4 heterocycles. The van der Waals surface area contributed by atoms with Crippen molar-refractivity contribution in [2.24, 2.45) is 0 Å². The zero-order valence-electron chi connectivity index (χ0n) is 20.3. The fourth-order valence-electron chi connectivity index (χ4n) is 4.30. The van der Waals surface area contributed by atoms with Gasteiger partial charge in [-0.1, -0.05) is 12.1 Å². The van der Waals surface area contributed by atoms with Crippen molar-refractivity contribution in [1.29, 1.82) is 0 Å².